The van der Waals surface area contributed by atoms with E-state index >= 15 is 0 Å². The minimum absolute atomic E-state index is 0.176. The molecule has 148 valence electrons. The Morgan fingerprint density at radius 3 is 2.48 bits per heavy atom. The van der Waals surface area contributed by atoms with Crippen LogP contribution in [0.5, 0.6) is 0 Å². The van der Waals surface area contributed by atoms with Crippen molar-refractivity contribution in [1.82, 2.24) is 14.9 Å². The SMILES string of the molecule is O=C1CC(N2CCC(c3nc4ccccc4[nH]3)CC2)C(=O)N1c1ccccc1Cl. The van der Waals surface area contributed by atoms with Crippen LogP contribution in [0.2, 0.25) is 5.02 Å². The highest BCUT2D eigenvalue weighted by Crippen LogP contribution is 2.34. The van der Waals surface area contributed by atoms with Gasteiger partial charge in [-0.15, -0.1) is 0 Å². The van der Waals surface area contributed by atoms with Crippen molar-refractivity contribution >= 4 is 40.1 Å². The molecule has 0 bridgehead atoms. The van der Waals surface area contributed by atoms with E-state index in [0.29, 0.717) is 16.6 Å². The van der Waals surface area contributed by atoms with E-state index < -0.39 is 6.04 Å². The lowest BCUT2D eigenvalue weighted by Gasteiger charge is -2.34. The van der Waals surface area contributed by atoms with E-state index in [2.05, 4.69) is 9.88 Å². The predicted molar refractivity (Wildman–Crippen MR) is 112 cm³/mol. The molecule has 29 heavy (non-hydrogen) atoms. The van der Waals surface area contributed by atoms with Crippen molar-refractivity contribution in [2.45, 2.75) is 31.2 Å². The predicted octanol–water partition coefficient (Wildman–Crippen LogP) is 3.73. The van der Waals surface area contributed by atoms with Crippen LogP contribution >= 0.6 is 11.6 Å². The van der Waals surface area contributed by atoms with Gasteiger partial charge in [-0.3, -0.25) is 14.5 Å². The van der Waals surface area contributed by atoms with Crippen molar-refractivity contribution in [3.63, 3.8) is 0 Å². The number of nitrogens with one attached hydrogen (secondary N) is 1. The van der Waals surface area contributed by atoms with Crippen molar-refractivity contribution in [1.29, 1.82) is 0 Å². The minimum Gasteiger partial charge on any atom is -0.342 e. The van der Waals surface area contributed by atoms with Crippen LogP contribution in [0.3, 0.4) is 0 Å². The van der Waals surface area contributed by atoms with Gasteiger partial charge in [-0.1, -0.05) is 35.9 Å². The van der Waals surface area contributed by atoms with Crippen LogP contribution in [-0.4, -0.2) is 45.8 Å². The number of carbonyl (C=O) groups is 2. The van der Waals surface area contributed by atoms with Gasteiger partial charge in [0, 0.05) is 5.92 Å². The molecule has 7 heteroatoms. The van der Waals surface area contributed by atoms with Crippen LogP contribution in [0.15, 0.2) is 48.5 Å². The summed E-state index contributed by atoms with van der Waals surface area (Å²) >= 11 is 6.22. The maximum Gasteiger partial charge on any atom is 0.251 e. The molecule has 3 aromatic rings. The lowest BCUT2D eigenvalue weighted by molar-refractivity contribution is -0.123. The number of para-hydroxylation sites is 3. The zero-order valence-electron chi connectivity index (χ0n) is 15.8. The molecule has 0 radical (unpaired) electrons. The number of nitrogens with zero attached hydrogens (tertiary/aromatic N) is 3. The highest BCUT2D eigenvalue weighted by molar-refractivity contribution is 6.36. The number of aromatic nitrogens is 2. The zero-order valence-corrected chi connectivity index (χ0v) is 16.6. The van der Waals surface area contributed by atoms with Crippen LogP contribution in [0.1, 0.15) is 31.0 Å². The highest BCUT2D eigenvalue weighted by Gasteiger charge is 2.44. The fraction of sp³-hybridized carbons (Fsp3) is 0.318. The number of imidazole rings is 1. The molecule has 1 aromatic heterocycles. The molecule has 1 N–H and O–H groups in total. The van der Waals surface area contributed by atoms with E-state index in [-0.39, 0.29) is 18.2 Å². The Kier molecular flexibility index (Phi) is 4.60. The Balaban J connectivity index is 1.29. The number of hydrogen-bond acceptors (Lipinski definition) is 4. The van der Waals surface area contributed by atoms with E-state index in [1.807, 2.05) is 24.3 Å². The molecule has 3 heterocycles. The van der Waals surface area contributed by atoms with Gasteiger partial charge in [0.05, 0.1) is 34.2 Å². The number of benzene rings is 2. The second kappa shape index (κ2) is 7.28. The number of hydrogen-bond donors (Lipinski definition) is 1. The summed E-state index contributed by atoms with van der Waals surface area (Å²) in [7, 11) is 0. The van der Waals surface area contributed by atoms with Crippen LogP contribution < -0.4 is 4.90 Å². The summed E-state index contributed by atoms with van der Waals surface area (Å²) in [5.74, 6) is 0.987. The number of H-pyrrole nitrogens is 1. The number of carbonyl (C=O) groups excluding carboxylic acids is 2. The molecule has 2 saturated heterocycles. The molecular formula is C22H21ClN4O2. The van der Waals surface area contributed by atoms with E-state index in [1.54, 1.807) is 24.3 Å². The van der Waals surface area contributed by atoms with Gasteiger partial charge in [-0.25, -0.2) is 9.88 Å². The number of imide groups is 1. The van der Waals surface area contributed by atoms with Crippen molar-refractivity contribution < 1.29 is 9.59 Å². The summed E-state index contributed by atoms with van der Waals surface area (Å²) in [4.78, 5) is 37.1. The van der Waals surface area contributed by atoms with Crippen molar-refractivity contribution in [3.8, 4) is 0 Å². The third-order valence-electron chi connectivity index (χ3n) is 5.98. The van der Waals surface area contributed by atoms with Gasteiger partial charge in [-0.05, 0) is 50.2 Å². The molecule has 2 aromatic carbocycles. The Morgan fingerprint density at radius 2 is 1.72 bits per heavy atom. The van der Waals surface area contributed by atoms with E-state index in [9.17, 15) is 9.59 Å². The fourth-order valence-electron chi connectivity index (χ4n) is 4.44. The van der Waals surface area contributed by atoms with Crippen LogP contribution in [0.25, 0.3) is 11.0 Å². The average Bonchev–Trinajstić information content (AvgIpc) is 3.30. The van der Waals surface area contributed by atoms with E-state index in [0.717, 1.165) is 42.8 Å². The molecule has 5 rings (SSSR count). The van der Waals surface area contributed by atoms with Crippen LogP contribution in [-0.2, 0) is 9.59 Å². The lowest BCUT2D eigenvalue weighted by Crippen LogP contribution is -2.45. The van der Waals surface area contributed by atoms with E-state index in [1.165, 1.54) is 4.90 Å². The smallest absolute Gasteiger partial charge is 0.251 e. The molecule has 6 nitrogen and oxygen atoms in total. The molecule has 0 spiro atoms. The molecule has 0 aliphatic carbocycles. The first-order chi connectivity index (χ1) is 14.1. The molecule has 0 saturated carbocycles. The van der Waals surface area contributed by atoms with Crippen molar-refractivity contribution in [3.05, 3.63) is 59.4 Å². The van der Waals surface area contributed by atoms with Gasteiger partial charge < -0.3 is 4.98 Å². The van der Waals surface area contributed by atoms with Crippen molar-refractivity contribution in [2.24, 2.45) is 0 Å². The van der Waals surface area contributed by atoms with Crippen LogP contribution in [0.4, 0.5) is 5.69 Å². The standard InChI is InChI=1S/C22H21ClN4O2/c23-15-5-1-4-8-18(15)27-20(28)13-19(22(27)29)26-11-9-14(10-12-26)21-24-16-6-2-3-7-17(16)25-21/h1-8,14,19H,9-13H2,(H,24,25). The zero-order chi connectivity index (χ0) is 20.0. The number of amides is 2. The van der Waals surface area contributed by atoms with Crippen molar-refractivity contribution in [2.75, 3.05) is 18.0 Å². The van der Waals surface area contributed by atoms with Gasteiger partial charge in [0.25, 0.3) is 5.91 Å². The van der Waals surface area contributed by atoms with Gasteiger partial charge in [0.2, 0.25) is 5.91 Å². The van der Waals surface area contributed by atoms with Gasteiger partial charge >= 0.3 is 0 Å². The molecule has 2 fully saturated rings. The van der Waals surface area contributed by atoms with Crippen LogP contribution in [0, 0.1) is 0 Å². The summed E-state index contributed by atoms with van der Waals surface area (Å²) in [5.41, 5.74) is 2.51. The quantitative estimate of drug-likeness (QED) is 0.670. The maximum atomic E-state index is 13.0. The first kappa shape index (κ1) is 18.3. The average molecular weight is 409 g/mol. The topological polar surface area (TPSA) is 69.3 Å². The Bertz CT molecular complexity index is 1050. The second-order valence-corrected chi connectivity index (χ2v) is 8.10. The Morgan fingerprint density at radius 1 is 1.00 bits per heavy atom. The Labute approximate surface area is 173 Å². The van der Waals surface area contributed by atoms with Gasteiger partial charge in [0.1, 0.15) is 5.82 Å². The third-order valence-corrected chi connectivity index (χ3v) is 6.30. The number of aromatic amines is 1. The molecular weight excluding hydrogens is 388 g/mol. The van der Waals surface area contributed by atoms with Gasteiger partial charge in [0.15, 0.2) is 0 Å². The highest BCUT2D eigenvalue weighted by atomic mass is 35.5. The lowest BCUT2D eigenvalue weighted by atomic mass is 9.95. The number of piperidine rings is 1. The third kappa shape index (κ3) is 3.22. The second-order valence-electron chi connectivity index (χ2n) is 7.69. The number of fused-ring (bicyclic) bond motifs is 1. The van der Waals surface area contributed by atoms with E-state index in [4.69, 9.17) is 16.6 Å². The summed E-state index contributed by atoms with van der Waals surface area (Å²) < 4.78 is 0. The minimum atomic E-state index is -0.407. The van der Waals surface area contributed by atoms with Gasteiger partial charge in [-0.2, -0.15) is 0 Å². The Hall–Kier alpha value is -2.70. The first-order valence-corrected chi connectivity index (χ1v) is 10.3. The molecule has 2 aliphatic heterocycles. The summed E-state index contributed by atoms with van der Waals surface area (Å²) in [6.45, 7) is 1.53. The number of likely N-dealkylation sites (tertiary alicyclic amines) is 1. The first-order valence-electron chi connectivity index (χ1n) is 9.92. The summed E-state index contributed by atoms with van der Waals surface area (Å²) in [6, 6.07) is 14.6. The largest absolute Gasteiger partial charge is 0.342 e. The monoisotopic (exact) mass is 408 g/mol. The fourth-order valence-corrected chi connectivity index (χ4v) is 4.66. The molecule has 1 unspecified atom stereocenters. The molecule has 2 amide bonds. The normalized spacial score (nSPS) is 21.4. The maximum absolute atomic E-state index is 13.0. The summed E-state index contributed by atoms with van der Waals surface area (Å²) in [6.07, 6.45) is 2.02. The number of rotatable bonds is 3. The molecule has 2 aliphatic rings. The number of anilines is 1. The number of halogens is 1. The summed E-state index contributed by atoms with van der Waals surface area (Å²) in [5, 5.41) is 0.415. The molecule has 1 atom stereocenters.